The molecule has 0 bridgehead atoms. The minimum absolute atomic E-state index is 0.605. The molecule has 0 aromatic carbocycles. The Bertz CT molecular complexity index is 154. The molecule has 0 rings (SSSR count). The van der Waals surface area contributed by atoms with Gasteiger partial charge < -0.3 is 5.32 Å². The van der Waals surface area contributed by atoms with Gasteiger partial charge in [0.2, 0.25) is 0 Å². The maximum absolute atomic E-state index is 3.63. The highest BCUT2D eigenvalue weighted by molar-refractivity contribution is 4.73. The van der Waals surface area contributed by atoms with E-state index in [9.17, 15) is 0 Å². The molecule has 0 amide bonds. The summed E-state index contributed by atoms with van der Waals surface area (Å²) in [5, 5.41) is 3.63. The molecule has 0 spiro atoms. The van der Waals surface area contributed by atoms with E-state index < -0.39 is 0 Å². The lowest BCUT2D eigenvalue weighted by atomic mass is 9.86. The molecule has 0 aromatic heterocycles. The Balaban J connectivity index is 3.92. The second kappa shape index (κ2) is 9.04. The largest absolute Gasteiger partial charge is 0.312 e. The van der Waals surface area contributed by atoms with Gasteiger partial charge in [-0.1, -0.05) is 60.3 Å². The SMILES string of the molecule is CCCCC(CC)CC(C)C(C)NC(C)C. The van der Waals surface area contributed by atoms with Gasteiger partial charge in [0, 0.05) is 12.1 Å². The molecule has 0 aromatic rings. The van der Waals surface area contributed by atoms with Crippen molar-refractivity contribution in [1.82, 2.24) is 5.32 Å². The predicted molar refractivity (Wildman–Crippen MR) is 74.8 cm³/mol. The first-order valence-electron chi connectivity index (χ1n) is 7.27. The fourth-order valence-corrected chi connectivity index (χ4v) is 2.40. The Kier molecular flexibility index (Phi) is 9.02. The minimum atomic E-state index is 0.605. The zero-order valence-electron chi connectivity index (χ0n) is 12.3. The van der Waals surface area contributed by atoms with E-state index in [4.69, 9.17) is 0 Å². The summed E-state index contributed by atoms with van der Waals surface area (Å²) in [6.45, 7) is 13.8. The second-order valence-corrected chi connectivity index (χ2v) is 5.74. The van der Waals surface area contributed by atoms with Crippen LogP contribution in [-0.2, 0) is 0 Å². The molecule has 0 saturated carbocycles. The lowest BCUT2D eigenvalue weighted by Crippen LogP contribution is -2.37. The second-order valence-electron chi connectivity index (χ2n) is 5.74. The van der Waals surface area contributed by atoms with Crippen molar-refractivity contribution in [3.05, 3.63) is 0 Å². The van der Waals surface area contributed by atoms with Gasteiger partial charge in [0.15, 0.2) is 0 Å². The molecular formula is C15H33N. The third-order valence-corrected chi connectivity index (χ3v) is 3.70. The Morgan fingerprint density at radius 2 is 1.62 bits per heavy atom. The van der Waals surface area contributed by atoms with E-state index in [1.165, 1.54) is 32.1 Å². The zero-order chi connectivity index (χ0) is 12.6. The Morgan fingerprint density at radius 3 is 2.06 bits per heavy atom. The van der Waals surface area contributed by atoms with Crippen LogP contribution in [0.4, 0.5) is 0 Å². The molecule has 0 heterocycles. The Morgan fingerprint density at radius 1 is 1.00 bits per heavy atom. The van der Waals surface area contributed by atoms with E-state index in [0.29, 0.717) is 12.1 Å². The van der Waals surface area contributed by atoms with Gasteiger partial charge in [-0.3, -0.25) is 0 Å². The van der Waals surface area contributed by atoms with Gasteiger partial charge in [0.1, 0.15) is 0 Å². The Hall–Kier alpha value is -0.0400. The van der Waals surface area contributed by atoms with Crippen LogP contribution in [0, 0.1) is 11.8 Å². The summed E-state index contributed by atoms with van der Waals surface area (Å²) in [5.74, 6) is 1.73. The summed E-state index contributed by atoms with van der Waals surface area (Å²) >= 11 is 0. The van der Waals surface area contributed by atoms with Crippen LogP contribution >= 0.6 is 0 Å². The van der Waals surface area contributed by atoms with Crippen molar-refractivity contribution in [2.45, 2.75) is 85.7 Å². The van der Waals surface area contributed by atoms with Crippen LogP contribution in [0.3, 0.4) is 0 Å². The number of unbranched alkanes of at least 4 members (excludes halogenated alkanes) is 1. The summed E-state index contributed by atoms with van der Waals surface area (Å²) in [5.41, 5.74) is 0. The summed E-state index contributed by atoms with van der Waals surface area (Å²) in [6.07, 6.45) is 6.89. The molecule has 1 heteroatoms. The standard InChI is InChI=1S/C15H33N/c1-7-9-10-15(8-2)11-13(5)14(6)16-12(3)4/h12-16H,7-11H2,1-6H3. The molecule has 3 unspecified atom stereocenters. The van der Waals surface area contributed by atoms with Crippen LogP contribution < -0.4 is 5.32 Å². The minimum Gasteiger partial charge on any atom is -0.312 e. The molecule has 1 nitrogen and oxygen atoms in total. The average molecular weight is 227 g/mol. The molecule has 0 aliphatic carbocycles. The van der Waals surface area contributed by atoms with Gasteiger partial charge in [-0.2, -0.15) is 0 Å². The van der Waals surface area contributed by atoms with Crippen molar-refractivity contribution < 1.29 is 0 Å². The van der Waals surface area contributed by atoms with Crippen molar-refractivity contribution in [3.8, 4) is 0 Å². The number of rotatable bonds is 9. The fourth-order valence-electron chi connectivity index (χ4n) is 2.40. The van der Waals surface area contributed by atoms with Gasteiger partial charge in [-0.25, -0.2) is 0 Å². The summed E-state index contributed by atoms with van der Waals surface area (Å²) in [6, 6.07) is 1.25. The average Bonchev–Trinajstić information content (AvgIpc) is 2.22. The molecule has 0 aliphatic heterocycles. The molecule has 1 N–H and O–H groups in total. The monoisotopic (exact) mass is 227 g/mol. The molecule has 0 radical (unpaired) electrons. The topological polar surface area (TPSA) is 12.0 Å². The third-order valence-electron chi connectivity index (χ3n) is 3.70. The first-order valence-corrected chi connectivity index (χ1v) is 7.27. The van der Waals surface area contributed by atoms with Gasteiger partial charge >= 0.3 is 0 Å². The zero-order valence-corrected chi connectivity index (χ0v) is 12.3. The summed E-state index contributed by atoms with van der Waals surface area (Å²) in [4.78, 5) is 0. The van der Waals surface area contributed by atoms with Crippen molar-refractivity contribution in [2.24, 2.45) is 11.8 Å². The predicted octanol–water partition coefficient (Wildman–Crippen LogP) is 4.62. The van der Waals surface area contributed by atoms with Crippen LogP contribution in [0.2, 0.25) is 0 Å². The highest BCUT2D eigenvalue weighted by atomic mass is 14.9. The van der Waals surface area contributed by atoms with Crippen LogP contribution in [0.1, 0.15) is 73.6 Å². The van der Waals surface area contributed by atoms with Gasteiger partial charge in [-0.05, 0) is 25.2 Å². The maximum atomic E-state index is 3.63. The molecular weight excluding hydrogens is 194 g/mol. The van der Waals surface area contributed by atoms with Crippen LogP contribution in [0.5, 0.6) is 0 Å². The highest BCUT2D eigenvalue weighted by Gasteiger charge is 2.17. The maximum Gasteiger partial charge on any atom is 0.00668 e. The van der Waals surface area contributed by atoms with Crippen molar-refractivity contribution >= 4 is 0 Å². The van der Waals surface area contributed by atoms with E-state index in [1.807, 2.05) is 0 Å². The molecule has 3 atom stereocenters. The Labute approximate surface area is 103 Å². The fraction of sp³-hybridized carbons (Fsp3) is 1.00. The van der Waals surface area contributed by atoms with Crippen molar-refractivity contribution in [2.75, 3.05) is 0 Å². The quantitative estimate of drug-likeness (QED) is 0.606. The molecule has 98 valence electrons. The van der Waals surface area contributed by atoms with E-state index in [1.54, 1.807) is 0 Å². The first kappa shape index (κ1) is 16.0. The molecule has 0 saturated heterocycles. The van der Waals surface area contributed by atoms with E-state index in [-0.39, 0.29) is 0 Å². The lowest BCUT2D eigenvalue weighted by molar-refractivity contribution is 0.288. The highest BCUT2D eigenvalue weighted by Crippen LogP contribution is 2.23. The summed E-state index contributed by atoms with van der Waals surface area (Å²) < 4.78 is 0. The van der Waals surface area contributed by atoms with E-state index >= 15 is 0 Å². The van der Waals surface area contributed by atoms with Gasteiger partial charge in [0.25, 0.3) is 0 Å². The van der Waals surface area contributed by atoms with Gasteiger partial charge in [0.05, 0.1) is 0 Å². The molecule has 0 fully saturated rings. The summed E-state index contributed by atoms with van der Waals surface area (Å²) in [7, 11) is 0. The number of hydrogen-bond donors (Lipinski definition) is 1. The van der Waals surface area contributed by atoms with Gasteiger partial charge in [-0.15, -0.1) is 0 Å². The lowest BCUT2D eigenvalue weighted by Gasteiger charge is -2.27. The number of hydrogen-bond acceptors (Lipinski definition) is 1. The van der Waals surface area contributed by atoms with Crippen molar-refractivity contribution in [1.29, 1.82) is 0 Å². The van der Waals surface area contributed by atoms with Crippen LogP contribution in [0.25, 0.3) is 0 Å². The third kappa shape index (κ3) is 7.27. The van der Waals surface area contributed by atoms with Crippen molar-refractivity contribution in [3.63, 3.8) is 0 Å². The van der Waals surface area contributed by atoms with Crippen LogP contribution in [0.15, 0.2) is 0 Å². The van der Waals surface area contributed by atoms with Crippen LogP contribution in [-0.4, -0.2) is 12.1 Å². The normalized spacial score (nSPS) is 17.4. The first-order chi connectivity index (χ1) is 7.51. The molecule has 16 heavy (non-hydrogen) atoms. The van der Waals surface area contributed by atoms with E-state index in [2.05, 4.69) is 46.9 Å². The van der Waals surface area contributed by atoms with E-state index in [0.717, 1.165) is 11.8 Å². The molecule has 0 aliphatic rings. The number of nitrogens with one attached hydrogen (secondary N) is 1. The smallest absolute Gasteiger partial charge is 0.00668 e.